The minimum atomic E-state index is 0.528. The Hall–Kier alpha value is -1.87. The lowest BCUT2D eigenvalue weighted by Gasteiger charge is -2.15. The topological polar surface area (TPSA) is 21.3 Å². The van der Waals surface area contributed by atoms with E-state index >= 15 is 0 Å². The third kappa shape index (κ3) is 4.31. The molecule has 0 aromatic heterocycles. The van der Waals surface area contributed by atoms with Gasteiger partial charge in [0, 0.05) is 11.3 Å². The van der Waals surface area contributed by atoms with E-state index in [9.17, 15) is 0 Å². The monoisotopic (exact) mass is 313 g/mol. The summed E-state index contributed by atoms with van der Waals surface area (Å²) < 4.78 is 6.01. The van der Waals surface area contributed by atoms with Gasteiger partial charge in [0.2, 0.25) is 0 Å². The first kappa shape index (κ1) is 16.5. The summed E-state index contributed by atoms with van der Waals surface area (Å²) >= 11 is 5.29. The van der Waals surface area contributed by atoms with Crippen LogP contribution in [0, 0.1) is 20.8 Å². The quantitative estimate of drug-likeness (QED) is 0.753. The van der Waals surface area contributed by atoms with Crippen molar-refractivity contribution in [1.82, 2.24) is 0 Å². The molecule has 2 rings (SSSR count). The number of ether oxygens (including phenoxy) is 1. The number of nitrogens with one attached hydrogen (secondary N) is 1. The highest BCUT2D eigenvalue weighted by atomic mass is 32.1. The normalized spacial score (nSPS) is 10.4. The minimum Gasteiger partial charge on any atom is -0.489 e. The van der Waals surface area contributed by atoms with Crippen LogP contribution < -0.4 is 10.1 Å². The molecule has 0 spiro atoms. The zero-order chi connectivity index (χ0) is 16.1. The molecule has 0 saturated heterocycles. The van der Waals surface area contributed by atoms with E-state index in [4.69, 9.17) is 17.0 Å². The van der Waals surface area contributed by atoms with Gasteiger partial charge in [-0.05, 0) is 44.9 Å². The van der Waals surface area contributed by atoms with Crippen molar-refractivity contribution in [3.63, 3.8) is 0 Å². The maximum Gasteiger partial charge on any atom is 0.122 e. The highest BCUT2D eigenvalue weighted by Gasteiger charge is 2.07. The Morgan fingerprint density at radius 3 is 2.41 bits per heavy atom. The van der Waals surface area contributed by atoms with Crippen molar-refractivity contribution < 1.29 is 4.74 Å². The summed E-state index contributed by atoms with van der Waals surface area (Å²) in [7, 11) is 0. The molecule has 2 nitrogen and oxygen atoms in total. The molecule has 0 saturated carbocycles. The molecule has 22 heavy (non-hydrogen) atoms. The van der Waals surface area contributed by atoms with Crippen LogP contribution in [-0.4, -0.2) is 4.99 Å². The molecule has 0 fully saturated rings. The second-order valence-corrected chi connectivity index (χ2v) is 6.11. The fraction of sp³-hybridized carbons (Fsp3) is 0.316. The SMILES string of the molecule is CCC(=S)Nc1ccc(C)cc1COc1ccc(C)cc1C. The lowest BCUT2D eigenvalue weighted by Crippen LogP contribution is -2.10. The highest BCUT2D eigenvalue weighted by molar-refractivity contribution is 7.80. The van der Waals surface area contributed by atoms with Gasteiger partial charge >= 0.3 is 0 Å². The first-order valence-corrected chi connectivity index (χ1v) is 8.00. The molecule has 2 aromatic carbocycles. The van der Waals surface area contributed by atoms with E-state index in [1.807, 2.05) is 6.07 Å². The Morgan fingerprint density at radius 1 is 1.05 bits per heavy atom. The molecule has 0 aliphatic heterocycles. The molecule has 0 bridgehead atoms. The van der Waals surface area contributed by atoms with Gasteiger partial charge in [-0.25, -0.2) is 0 Å². The van der Waals surface area contributed by atoms with Crippen LogP contribution in [0.5, 0.6) is 5.75 Å². The Kier molecular flexibility index (Phi) is 5.56. The van der Waals surface area contributed by atoms with Crippen LogP contribution in [0.1, 0.15) is 35.6 Å². The fourth-order valence-corrected chi connectivity index (χ4v) is 2.43. The van der Waals surface area contributed by atoms with E-state index in [-0.39, 0.29) is 0 Å². The third-order valence-corrected chi connectivity index (χ3v) is 3.96. The van der Waals surface area contributed by atoms with E-state index in [2.05, 4.69) is 63.3 Å². The van der Waals surface area contributed by atoms with E-state index in [1.165, 1.54) is 11.1 Å². The van der Waals surface area contributed by atoms with Gasteiger partial charge in [0.25, 0.3) is 0 Å². The maximum atomic E-state index is 6.01. The molecule has 0 heterocycles. The molecule has 1 N–H and O–H groups in total. The number of aryl methyl sites for hydroxylation is 3. The predicted octanol–water partition coefficient (Wildman–Crippen LogP) is 5.34. The molecule has 0 radical (unpaired) electrons. The van der Waals surface area contributed by atoms with Crippen LogP contribution in [0.15, 0.2) is 36.4 Å². The average molecular weight is 313 g/mol. The molecular formula is C19H23NOS. The van der Waals surface area contributed by atoms with Crippen molar-refractivity contribution in [2.75, 3.05) is 5.32 Å². The lowest BCUT2D eigenvalue weighted by atomic mass is 10.1. The van der Waals surface area contributed by atoms with E-state index in [0.717, 1.165) is 34.0 Å². The van der Waals surface area contributed by atoms with Gasteiger partial charge in [0.15, 0.2) is 0 Å². The van der Waals surface area contributed by atoms with Crippen molar-refractivity contribution in [2.24, 2.45) is 0 Å². The fourth-order valence-electron chi connectivity index (χ4n) is 2.32. The van der Waals surface area contributed by atoms with Gasteiger partial charge in [0.05, 0.1) is 4.99 Å². The average Bonchev–Trinajstić information content (AvgIpc) is 2.48. The minimum absolute atomic E-state index is 0.528. The van der Waals surface area contributed by atoms with Gasteiger partial charge in [-0.3, -0.25) is 0 Å². The summed E-state index contributed by atoms with van der Waals surface area (Å²) in [6, 6.07) is 12.5. The van der Waals surface area contributed by atoms with Crippen LogP contribution in [0.3, 0.4) is 0 Å². The van der Waals surface area contributed by atoms with Crippen molar-refractivity contribution in [3.05, 3.63) is 58.7 Å². The van der Waals surface area contributed by atoms with Gasteiger partial charge < -0.3 is 10.1 Å². The molecule has 116 valence electrons. The van der Waals surface area contributed by atoms with Gasteiger partial charge in [-0.1, -0.05) is 54.5 Å². The molecule has 0 aliphatic carbocycles. The Labute approximate surface area is 138 Å². The van der Waals surface area contributed by atoms with Crippen LogP contribution in [0.2, 0.25) is 0 Å². The standard InChI is InChI=1S/C19H23NOS/c1-5-19(22)20-17-8-6-14(3)11-16(17)12-21-18-9-7-13(2)10-15(18)4/h6-11H,5,12H2,1-4H3,(H,20,22). The smallest absolute Gasteiger partial charge is 0.122 e. The van der Waals surface area contributed by atoms with Crippen molar-refractivity contribution >= 4 is 22.9 Å². The van der Waals surface area contributed by atoms with Crippen molar-refractivity contribution in [2.45, 2.75) is 40.7 Å². The van der Waals surface area contributed by atoms with Gasteiger partial charge in [-0.15, -0.1) is 0 Å². The highest BCUT2D eigenvalue weighted by Crippen LogP contribution is 2.23. The number of hydrogen-bond acceptors (Lipinski definition) is 2. The summed E-state index contributed by atoms with van der Waals surface area (Å²) in [6.07, 6.45) is 0.834. The van der Waals surface area contributed by atoms with E-state index in [0.29, 0.717) is 6.61 Å². The predicted molar refractivity (Wildman–Crippen MR) is 97.9 cm³/mol. The Balaban J connectivity index is 2.17. The van der Waals surface area contributed by atoms with Gasteiger partial charge in [-0.2, -0.15) is 0 Å². The maximum absolute atomic E-state index is 6.01. The molecule has 0 unspecified atom stereocenters. The molecule has 0 atom stereocenters. The Bertz CT molecular complexity index is 679. The number of benzene rings is 2. The largest absolute Gasteiger partial charge is 0.489 e. The number of hydrogen-bond donors (Lipinski definition) is 1. The summed E-state index contributed by atoms with van der Waals surface area (Å²) in [4.78, 5) is 0.844. The van der Waals surface area contributed by atoms with Crippen LogP contribution >= 0.6 is 12.2 Å². The van der Waals surface area contributed by atoms with Crippen LogP contribution in [-0.2, 0) is 6.61 Å². The molecular weight excluding hydrogens is 290 g/mol. The van der Waals surface area contributed by atoms with E-state index in [1.54, 1.807) is 0 Å². The van der Waals surface area contributed by atoms with Gasteiger partial charge in [0.1, 0.15) is 12.4 Å². The van der Waals surface area contributed by atoms with Crippen LogP contribution in [0.25, 0.3) is 0 Å². The zero-order valence-electron chi connectivity index (χ0n) is 13.7. The molecule has 0 aliphatic rings. The summed E-state index contributed by atoms with van der Waals surface area (Å²) in [6.45, 7) is 8.83. The zero-order valence-corrected chi connectivity index (χ0v) is 14.5. The Morgan fingerprint density at radius 2 is 1.73 bits per heavy atom. The van der Waals surface area contributed by atoms with E-state index < -0.39 is 0 Å². The third-order valence-electron chi connectivity index (χ3n) is 3.57. The summed E-state index contributed by atoms with van der Waals surface area (Å²) in [5, 5.41) is 3.30. The van der Waals surface area contributed by atoms with Crippen molar-refractivity contribution in [3.8, 4) is 5.75 Å². The van der Waals surface area contributed by atoms with Crippen LogP contribution in [0.4, 0.5) is 5.69 Å². The second-order valence-electron chi connectivity index (χ2n) is 5.62. The summed E-state index contributed by atoms with van der Waals surface area (Å²) in [5.74, 6) is 0.927. The molecule has 3 heteroatoms. The number of rotatable bonds is 5. The second kappa shape index (κ2) is 7.41. The molecule has 0 amide bonds. The van der Waals surface area contributed by atoms with Crippen molar-refractivity contribution in [1.29, 1.82) is 0 Å². The first-order chi connectivity index (χ1) is 10.5. The number of thiocarbonyl (C=S) groups is 1. The first-order valence-electron chi connectivity index (χ1n) is 7.59. The lowest BCUT2D eigenvalue weighted by molar-refractivity contribution is 0.304. The summed E-state index contributed by atoms with van der Waals surface area (Å²) in [5.41, 5.74) is 5.77. The molecule has 2 aromatic rings. The number of anilines is 1.